The second kappa shape index (κ2) is 15.6. The summed E-state index contributed by atoms with van der Waals surface area (Å²) >= 11 is 0. The molecule has 1 aliphatic heterocycles. The van der Waals surface area contributed by atoms with Gasteiger partial charge in [-0.1, -0.05) is 71.1 Å². The number of aliphatic hydroxyl groups is 1. The van der Waals surface area contributed by atoms with E-state index in [0.717, 1.165) is 47.7 Å². The lowest BCUT2D eigenvalue weighted by Gasteiger charge is -2.35. The van der Waals surface area contributed by atoms with Crippen LogP contribution in [0.1, 0.15) is 120 Å². The summed E-state index contributed by atoms with van der Waals surface area (Å²) in [6, 6.07) is 0. The Balaban J connectivity index is 1.68. The van der Waals surface area contributed by atoms with Crippen LogP contribution < -0.4 is 10.1 Å². The Morgan fingerprint density at radius 2 is 1.62 bits per heavy atom. The topological polar surface area (TPSA) is 80.7 Å². The van der Waals surface area contributed by atoms with Gasteiger partial charge in [0.15, 0.2) is 0 Å². The molecule has 0 atom stereocenters. The zero-order valence-electron chi connectivity index (χ0n) is 24.6. The van der Waals surface area contributed by atoms with Gasteiger partial charge >= 0.3 is 0 Å². The van der Waals surface area contributed by atoms with E-state index < -0.39 is 5.79 Å². The molecule has 2 N–H and O–H groups in total. The predicted molar refractivity (Wildman–Crippen MR) is 149 cm³/mol. The third-order valence-electron chi connectivity index (χ3n) is 7.31. The SMILES string of the molecule is CCCCCCCCCCCCCC(=O)NCC[N+](C)(C)Cc1nc(C)c2c(c1CO)COC(C)(C)O2. The number of nitrogens with zero attached hydrogens (tertiary/aromatic N) is 2. The number of rotatable bonds is 18. The number of pyridine rings is 1. The fraction of sp³-hybridized carbons (Fsp3) is 0.800. The van der Waals surface area contributed by atoms with Gasteiger partial charge in [-0.15, -0.1) is 0 Å². The molecule has 0 aliphatic carbocycles. The monoisotopic (exact) mass is 520 g/mol. The van der Waals surface area contributed by atoms with Gasteiger partial charge in [0.25, 0.3) is 0 Å². The normalized spacial score (nSPS) is 14.8. The van der Waals surface area contributed by atoms with Crippen LogP contribution in [0.2, 0.25) is 0 Å². The van der Waals surface area contributed by atoms with Gasteiger partial charge in [0.1, 0.15) is 18.0 Å². The number of ether oxygens (including phenoxy) is 2. The Kier molecular flexibility index (Phi) is 13.3. The molecule has 0 saturated carbocycles. The summed E-state index contributed by atoms with van der Waals surface area (Å²) in [5, 5.41) is 13.2. The molecule has 1 aliphatic rings. The Labute approximate surface area is 225 Å². The quantitative estimate of drug-likeness (QED) is 0.185. The Bertz CT molecular complexity index is 839. The van der Waals surface area contributed by atoms with Crippen molar-refractivity contribution in [3.63, 3.8) is 0 Å². The molecule has 0 spiro atoms. The highest BCUT2D eigenvalue weighted by Crippen LogP contribution is 2.37. The lowest BCUT2D eigenvalue weighted by atomic mass is 10.0. The van der Waals surface area contributed by atoms with Gasteiger partial charge in [0, 0.05) is 31.4 Å². The van der Waals surface area contributed by atoms with Gasteiger partial charge in [-0.2, -0.15) is 0 Å². The van der Waals surface area contributed by atoms with Crippen LogP contribution in [0.3, 0.4) is 0 Å². The molecule has 0 radical (unpaired) electrons. The maximum atomic E-state index is 12.3. The Morgan fingerprint density at radius 3 is 2.22 bits per heavy atom. The number of amides is 1. The van der Waals surface area contributed by atoms with Crippen molar-refractivity contribution >= 4 is 5.91 Å². The molecule has 7 heteroatoms. The highest BCUT2D eigenvalue weighted by Gasteiger charge is 2.33. The molecule has 0 bridgehead atoms. The van der Waals surface area contributed by atoms with Gasteiger partial charge in [0.05, 0.1) is 46.1 Å². The average molecular weight is 521 g/mol. The number of unbranched alkanes of at least 4 members (excludes halogenated alkanes) is 10. The molecule has 0 saturated heterocycles. The van der Waals surface area contributed by atoms with Crippen LogP contribution in [0.5, 0.6) is 5.75 Å². The molecule has 0 fully saturated rings. The first-order valence-electron chi connectivity index (χ1n) is 14.6. The first-order chi connectivity index (χ1) is 17.6. The van der Waals surface area contributed by atoms with E-state index in [4.69, 9.17) is 14.5 Å². The number of aliphatic hydroxyl groups excluding tert-OH is 1. The fourth-order valence-corrected chi connectivity index (χ4v) is 5.00. The minimum atomic E-state index is -0.700. The zero-order chi connectivity index (χ0) is 27.3. The minimum Gasteiger partial charge on any atom is -0.461 e. The number of carbonyl (C=O) groups excluding carboxylic acids is 1. The van der Waals surface area contributed by atoms with Crippen LogP contribution in [-0.2, 0) is 29.3 Å². The van der Waals surface area contributed by atoms with Crippen LogP contribution in [0.15, 0.2) is 0 Å². The number of likely N-dealkylation sites (N-methyl/N-ethyl adjacent to an activating group) is 1. The minimum absolute atomic E-state index is 0.103. The van der Waals surface area contributed by atoms with Crippen LogP contribution in [0.25, 0.3) is 0 Å². The highest BCUT2D eigenvalue weighted by atomic mass is 16.7. The number of quaternary nitrogens is 1. The van der Waals surface area contributed by atoms with Crippen LogP contribution in [0, 0.1) is 6.92 Å². The second-order valence-corrected chi connectivity index (χ2v) is 11.8. The summed E-state index contributed by atoms with van der Waals surface area (Å²) in [5.74, 6) is 0.171. The molecule has 0 unspecified atom stereocenters. The van der Waals surface area contributed by atoms with E-state index in [9.17, 15) is 9.90 Å². The lowest BCUT2D eigenvalue weighted by Crippen LogP contribution is -2.45. The van der Waals surface area contributed by atoms with E-state index in [1.807, 2.05) is 20.8 Å². The van der Waals surface area contributed by atoms with Crippen molar-refractivity contribution in [1.82, 2.24) is 10.3 Å². The number of hydrogen-bond donors (Lipinski definition) is 2. The molecular formula is C30H54N3O4+. The summed E-state index contributed by atoms with van der Waals surface area (Å²) in [6.45, 7) is 10.3. The maximum Gasteiger partial charge on any atom is 0.220 e. The van der Waals surface area contributed by atoms with E-state index in [-0.39, 0.29) is 12.5 Å². The zero-order valence-corrected chi connectivity index (χ0v) is 24.6. The molecule has 2 heterocycles. The van der Waals surface area contributed by atoms with Crippen molar-refractivity contribution in [1.29, 1.82) is 0 Å². The second-order valence-electron chi connectivity index (χ2n) is 11.8. The fourth-order valence-electron chi connectivity index (χ4n) is 5.00. The molecule has 212 valence electrons. The van der Waals surface area contributed by atoms with Gasteiger partial charge in [-0.05, 0) is 13.3 Å². The molecule has 1 amide bonds. The van der Waals surface area contributed by atoms with Crippen molar-refractivity contribution in [2.75, 3.05) is 27.2 Å². The van der Waals surface area contributed by atoms with Crippen molar-refractivity contribution in [2.45, 2.75) is 130 Å². The average Bonchev–Trinajstić information content (AvgIpc) is 2.82. The van der Waals surface area contributed by atoms with Crippen molar-refractivity contribution in [3.8, 4) is 5.75 Å². The first-order valence-corrected chi connectivity index (χ1v) is 14.6. The van der Waals surface area contributed by atoms with E-state index in [1.54, 1.807) is 0 Å². The summed E-state index contributed by atoms with van der Waals surface area (Å²) in [7, 11) is 4.26. The van der Waals surface area contributed by atoms with Crippen molar-refractivity contribution < 1.29 is 23.9 Å². The molecular weight excluding hydrogens is 466 g/mol. The van der Waals surface area contributed by atoms with Gasteiger partial charge in [-0.3, -0.25) is 4.79 Å². The number of carbonyl (C=O) groups is 1. The summed E-state index contributed by atoms with van der Waals surface area (Å²) in [4.78, 5) is 17.1. The molecule has 37 heavy (non-hydrogen) atoms. The summed E-state index contributed by atoms with van der Waals surface area (Å²) in [6.07, 6.45) is 14.8. The van der Waals surface area contributed by atoms with Gasteiger partial charge in [-0.25, -0.2) is 4.98 Å². The highest BCUT2D eigenvalue weighted by molar-refractivity contribution is 5.75. The van der Waals surface area contributed by atoms with Crippen LogP contribution >= 0.6 is 0 Å². The standard InChI is InChI=1S/C30H53N3O4/c1-7-8-9-10-11-12-13-14-15-16-17-18-28(35)31-19-20-33(5,6)21-27-25(22-34)26-23-36-30(3,4)37-29(26)24(2)32-27/h34H,7-23H2,1-6H3/p+1. The molecule has 0 aromatic carbocycles. The smallest absolute Gasteiger partial charge is 0.220 e. The van der Waals surface area contributed by atoms with Crippen LogP contribution in [-0.4, -0.2) is 53.5 Å². The predicted octanol–water partition coefficient (Wildman–Crippen LogP) is 5.92. The summed E-state index contributed by atoms with van der Waals surface area (Å²) in [5.41, 5.74) is 3.37. The number of aromatic nitrogens is 1. The third kappa shape index (κ3) is 11.3. The number of nitrogens with one attached hydrogen (secondary N) is 1. The van der Waals surface area contributed by atoms with E-state index in [1.165, 1.54) is 57.8 Å². The lowest BCUT2D eigenvalue weighted by molar-refractivity contribution is -0.902. The largest absolute Gasteiger partial charge is 0.461 e. The van der Waals surface area contributed by atoms with Crippen molar-refractivity contribution in [3.05, 3.63) is 22.5 Å². The Morgan fingerprint density at radius 1 is 1.03 bits per heavy atom. The number of aryl methyl sites for hydroxylation is 1. The van der Waals surface area contributed by atoms with Gasteiger partial charge < -0.3 is 24.4 Å². The maximum absolute atomic E-state index is 12.3. The molecule has 1 aromatic rings. The third-order valence-corrected chi connectivity index (χ3v) is 7.31. The molecule has 7 nitrogen and oxygen atoms in total. The number of hydrogen-bond acceptors (Lipinski definition) is 5. The van der Waals surface area contributed by atoms with Crippen molar-refractivity contribution in [2.24, 2.45) is 0 Å². The van der Waals surface area contributed by atoms with E-state index in [0.29, 0.717) is 30.6 Å². The van der Waals surface area contributed by atoms with Crippen LogP contribution in [0.4, 0.5) is 0 Å². The molecule has 1 aromatic heterocycles. The van der Waals surface area contributed by atoms with E-state index in [2.05, 4.69) is 26.3 Å². The first kappa shape index (κ1) is 31.5. The Hall–Kier alpha value is -1.70. The summed E-state index contributed by atoms with van der Waals surface area (Å²) < 4.78 is 12.5. The van der Waals surface area contributed by atoms with E-state index >= 15 is 0 Å². The molecule has 2 rings (SSSR count). The van der Waals surface area contributed by atoms with Gasteiger partial charge in [0.2, 0.25) is 11.7 Å². The number of fused-ring (bicyclic) bond motifs is 1.